The maximum absolute atomic E-state index is 4.54. The molecule has 128 valence electrons. The smallest absolute Gasteiger partial charge is 0.0574 e. The summed E-state index contributed by atoms with van der Waals surface area (Å²) in [5, 5.41) is 4.72. The summed E-state index contributed by atoms with van der Waals surface area (Å²) < 4.78 is 2.35. The highest BCUT2D eigenvalue weighted by Crippen LogP contribution is 2.36. The lowest BCUT2D eigenvalue weighted by atomic mass is 10.1. The molecule has 0 saturated carbocycles. The van der Waals surface area contributed by atoms with Crippen molar-refractivity contribution in [2.75, 3.05) is 0 Å². The largest absolute Gasteiger partial charge is 0.354 e. The predicted octanol–water partition coefficient (Wildman–Crippen LogP) is 5.52. The first-order valence-corrected chi connectivity index (χ1v) is 9.02. The Morgan fingerprint density at radius 3 is 2.70 bits per heavy atom. The third-order valence-corrected chi connectivity index (χ3v) is 5.34. The first-order valence-electron chi connectivity index (χ1n) is 9.02. The molecule has 0 saturated heterocycles. The van der Waals surface area contributed by atoms with Crippen LogP contribution in [0.25, 0.3) is 49.3 Å². The Balaban J connectivity index is 1.87. The second-order valence-corrected chi connectivity index (χ2v) is 6.94. The minimum Gasteiger partial charge on any atom is -0.354 e. The summed E-state index contributed by atoms with van der Waals surface area (Å²) in [4.78, 5) is 12.4. The fourth-order valence-corrected chi connectivity index (χ4v) is 4.19. The SMILES string of the molecule is Cc1cc2c(cn1)c1ccccc1n2-c1cccc2[nH]c3ccncc3c12. The van der Waals surface area contributed by atoms with Crippen molar-refractivity contribution in [3.8, 4) is 5.69 Å². The van der Waals surface area contributed by atoms with Crippen molar-refractivity contribution in [1.29, 1.82) is 0 Å². The van der Waals surface area contributed by atoms with E-state index >= 15 is 0 Å². The van der Waals surface area contributed by atoms with Gasteiger partial charge in [0, 0.05) is 56.9 Å². The van der Waals surface area contributed by atoms with Crippen LogP contribution in [0.3, 0.4) is 0 Å². The van der Waals surface area contributed by atoms with E-state index in [2.05, 4.69) is 68.0 Å². The second-order valence-electron chi connectivity index (χ2n) is 6.94. The van der Waals surface area contributed by atoms with Crippen LogP contribution in [0.5, 0.6) is 0 Å². The number of pyridine rings is 2. The highest BCUT2D eigenvalue weighted by molar-refractivity contribution is 6.15. The van der Waals surface area contributed by atoms with E-state index in [9.17, 15) is 0 Å². The molecule has 4 heterocycles. The van der Waals surface area contributed by atoms with E-state index in [1.165, 1.54) is 27.2 Å². The monoisotopic (exact) mass is 348 g/mol. The average molecular weight is 348 g/mol. The molecule has 1 N–H and O–H groups in total. The maximum Gasteiger partial charge on any atom is 0.0574 e. The van der Waals surface area contributed by atoms with Gasteiger partial charge in [-0.05, 0) is 37.3 Å². The molecule has 0 spiro atoms. The van der Waals surface area contributed by atoms with E-state index < -0.39 is 0 Å². The number of aryl methyl sites for hydroxylation is 1. The Morgan fingerprint density at radius 2 is 1.74 bits per heavy atom. The van der Waals surface area contributed by atoms with Gasteiger partial charge in [0.1, 0.15) is 0 Å². The second kappa shape index (κ2) is 5.17. The summed E-state index contributed by atoms with van der Waals surface area (Å²) in [6.07, 6.45) is 5.76. The molecule has 0 aliphatic rings. The summed E-state index contributed by atoms with van der Waals surface area (Å²) in [6, 6.07) is 19.1. The zero-order valence-electron chi connectivity index (χ0n) is 14.8. The molecule has 0 aliphatic carbocycles. The van der Waals surface area contributed by atoms with Crippen LogP contribution < -0.4 is 0 Å². The topological polar surface area (TPSA) is 46.5 Å². The van der Waals surface area contributed by atoms with E-state index in [1.807, 2.05) is 31.6 Å². The molecule has 0 radical (unpaired) electrons. The number of nitrogens with one attached hydrogen (secondary N) is 1. The maximum atomic E-state index is 4.54. The van der Waals surface area contributed by atoms with Gasteiger partial charge in [-0.3, -0.25) is 9.97 Å². The van der Waals surface area contributed by atoms with Crippen LogP contribution in [0, 0.1) is 6.92 Å². The molecule has 6 aromatic rings. The molecule has 0 atom stereocenters. The van der Waals surface area contributed by atoms with Crippen molar-refractivity contribution < 1.29 is 0 Å². The average Bonchev–Trinajstić information content (AvgIpc) is 3.23. The van der Waals surface area contributed by atoms with E-state index in [1.54, 1.807) is 0 Å². The lowest BCUT2D eigenvalue weighted by Crippen LogP contribution is -1.95. The molecule has 0 aliphatic heterocycles. The van der Waals surface area contributed by atoms with Gasteiger partial charge >= 0.3 is 0 Å². The molecule has 4 aromatic heterocycles. The molecule has 27 heavy (non-hydrogen) atoms. The number of hydrogen-bond acceptors (Lipinski definition) is 2. The number of H-pyrrole nitrogens is 1. The highest BCUT2D eigenvalue weighted by atomic mass is 15.0. The number of fused-ring (bicyclic) bond motifs is 6. The van der Waals surface area contributed by atoms with Crippen LogP contribution in [0.4, 0.5) is 0 Å². The third-order valence-electron chi connectivity index (χ3n) is 5.34. The first-order chi connectivity index (χ1) is 13.3. The van der Waals surface area contributed by atoms with E-state index in [-0.39, 0.29) is 0 Å². The normalized spacial score (nSPS) is 11.9. The molecular formula is C23H16N4. The van der Waals surface area contributed by atoms with Crippen LogP contribution in [-0.4, -0.2) is 19.5 Å². The molecule has 4 nitrogen and oxygen atoms in total. The van der Waals surface area contributed by atoms with Gasteiger partial charge in [-0.2, -0.15) is 0 Å². The van der Waals surface area contributed by atoms with Gasteiger partial charge in [-0.15, -0.1) is 0 Å². The summed E-state index contributed by atoms with van der Waals surface area (Å²) in [7, 11) is 0. The quantitative estimate of drug-likeness (QED) is 0.425. The van der Waals surface area contributed by atoms with Crippen LogP contribution in [0.1, 0.15) is 5.69 Å². The molecule has 6 rings (SSSR count). The van der Waals surface area contributed by atoms with Crippen molar-refractivity contribution >= 4 is 43.6 Å². The van der Waals surface area contributed by atoms with Crippen molar-refractivity contribution in [2.24, 2.45) is 0 Å². The van der Waals surface area contributed by atoms with Gasteiger partial charge < -0.3 is 9.55 Å². The summed E-state index contributed by atoms with van der Waals surface area (Å²) >= 11 is 0. The Morgan fingerprint density at radius 1 is 0.815 bits per heavy atom. The van der Waals surface area contributed by atoms with Crippen molar-refractivity contribution in [1.82, 2.24) is 19.5 Å². The fraction of sp³-hybridized carbons (Fsp3) is 0.0435. The number of aromatic nitrogens is 4. The number of benzene rings is 2. The number of hydrogen-bond donors (Lipinski definition) is 1. The number of rotatable bonds is 1. The zero-order chi connectivity index (χ0) is 18.0. The zero-order valence-corrected chi connectivity index (χ0v) is 14.8. The Bertz CT molecular complexity index is 1490. The van der Waals surface area contributed by atoms with E-state index in [0.29, 0.717) is 0 Å². The standard InChI is InChI=1S/C23H16N4/c1-14-11-22-16(13-25-14)15-5-2-3-7-20(15)27(22)21-8-4-6-19-23(21)17-12-24-10-9-18(17)26-19/h2-13,26H,1H3. The van der Waals surface area contributed by atoms with E-state index in [0.717, 1.165) is 27.8 Å². The van der Waals surface area contributed by atoms with Crippen molar-refractivity contribution in [3.05, 3.63) is 78.9 Å². The Labute approximate surface area is 155 Å². The number of para-hydroxylation sites is 1. The van der Waals surface area contributed by atoms with Gasteiger partial charge in [0.25, 0.3) is 0 Å². The molecule has 0 unspecified atom stereocenters. The number of aromatic amines is 1. The minimum absolute atomic E-state index is 1.01. The van der Waals surface area contributed by atoms with Crippen LogP contribution in [0.2, 0.25) is 0 Å². The molecule has 0 bridgehead atoms. The first kappa shape index (κ1) is 14.5. The van der Waals surface area contributed by atoms with Crippen LogP contribution >= 0.6 is 0 Å². The van der Waals surface area contributed by atoms with Crippen LogP contribution in [-0.2, 0) is 0 Å². The summed E-state index contributed by atoms with van der Waals surface area (Å²) in [5.41, 5.74) is 6.75. The van der Waals surface area contributed by atoms with Gasteiger partial charge in [-0.1, -0.05) is 24.3 Å². The molecule has 0 fully saturated rings. The van der Waals surface area contributed by atoms with Crippen LogP contribution in [0.15, 0.2) is 73.2 Å². The van der Waals surface area contributed by atoms with Gasteiger partial charge in [0.2, 0.25) is 0 Å². The molecule has 4 heteroatoms. The number of nitrogens with zero attached hydrogens (tertiary/aromatic N) is 3. The Hall–Kier alpha value is -3.66. The Kier molecular flexibility index (Phi) is 2.78. The van der Waals surface area contributed by atoms with E-state index in [4.69, 9.17) is 0 Å². The van der Waals surface area contributed by atoms with Gasteiger partial charge in [0.15, 0.2) is 0 Å². The lowest BCUT2D eigenvalue weighted by Gasteiger charge is -2.10. The molecule has 0 amide bonds. The van der Waals surface area contributed by atoms with Gasteiger partial charge in [-0.25, -0.2) is 0 Å². The lowest BCUT2D eigenvalue weighted by molar-refractivity contribution is 1.17. The fourth-order valence-electron chi connectivity index (χ4n) is 4.19. The van der Waals surface area contributed by atoms with Gasteiger partial charge in [0.05, 0.1) is 16.7 Å². The molecule has 2 aromatic carbocycles. The highest BCUT2D eigenvalue weighted by Gasteiger charge is 2.16. The molecular weight excluding hydrogens is 332 g/mol. The minimum atomic E-state index is 1.01. The van der Waals surface area contributed by atoms with Crippen molar-refractivity contribution in [3.63, 3.8) is 0 Å². The predicted molar refractivity (Wildman–Crippen MR) is 110 cm³/mol. The summed E-state index contributed by atoms with van der Waals surface area (Å²) in [5.74, 6) is 0. The third kappa shape index (κ3) is 1.92. The summed E-state index contributed by atoms with van der Waals surface area (Å²) in [6.45, 7) is 2.04. The van der Waals surface area contributed by atoms with Crippen molar-refractivity contribution in [2.45, 2.75) is 6.92 Å².